The first kappa shape index (κ1) is 13.0. The number of aromatic nitrogens is 3. The highest BCUT2D eigenvalue weighted by molar-refractivity contribution is 6.30. The summed E-state index contributed by atoms with van der Waals surface area (Å²) in [6.45, 7) is 0. The van der Waals surface area contributed by atoms with E-state index in [0.29, 0.717) is 0 Å². The Labute approximate surface area is 132 Å². The predicted molar refractivity (Wildman–Crippen MR) is 88.9 cm³/mol. The van der Waals surface area contributed by atoms with Crippen molar-refractivity contribution in [2.24, 2.45) is 0 Å². The van der Waals surface area contributed by atoms with Gasteiger partial charge < -0.3 is 0 Å². The Kier molecular flexibility index (Phi) is 3.13. The Hall–Kier alpha value is -2.65. The molecule has 4 heteroatoms. The zero-order valence-corrected chi connectivity index (χ0v) is 12.4. The molecule has 0 bridgehead atoms. The summed E-state index contributed by atoms with van der Waals surface area (Å²) in [7, 11) is 0. The van der Waals surface area contributed by atoms with Gasteiger partial charge in [-0.2, -0.15) is 5.10 Å². The molecule has 0 spiro atoms. The Morgan fingerprint density at radius 1 is 0.818 bits per heavy atom. The second-order valence-electron chi connectivity index (χ2n) is 5.00. The van der Waals surface area contributed by atoms with Crippen LogP contribution in [-0.2, 0) is 0 Å². The van der Waals surface area contributed by atoms with E-state index in [9.17, 15) is 0 Å². The van der Waals surface area contributed by atoms with Crippen LogP contribution in [0.5, 0.6) is 0 Å². The molecule has 0 aliphatic rings. The molecule has 22 heavy (non-hydrogen) atoms. The van der Waals surface area contributed by atoms with Crippen molar-refractivity contribution in [3.05, 3.63) is 77.9 Å². The highest BCUT2D eigenvalue weighted by atomic mass is 35.5. The first-order valence-electron chi connectivity index (χ1n) is 6.97. The minimum absolute atomic E-state index is 0.722. The topological polar surface area (TPSA) is 30.2 Å². The largest absolute Gasteiger partial charge is 0.237 e. The van der Waals surface area contributed by atoms with E-state index in [1.165, 1.54) is 0 Å². The summed E-state index contributed by atoms with van der Waals surface area (Å²) in [6, 6.07) is 21.8. The van der Waals surface area contributed by atoms with Gasteiger partial charge in [0.05, 0.1) is 11.4 Å². The van der Waals surface area contributed by atoms with E-state index in [1.807, 2.05) is 71.2 Å². The molecule has 3 nitrogen and oxygen atoms in total. The molecule has 0 aliphatic heterocycles. The molecule has 4 aromatic rings. The summed E-state index contributed by atoms with van der Waals surface area (Å²) in [6.07, 6.45) is 1.80. The molecule has 2 aromatic carbocycles. The number of nitrogens with zero attached hydrogens (tertiary/aromatic N) is 3. The van der Waals surface area contributed by atoms with E-state index < -0.39 is 0 Å². The minimum atomic E-state index is 0.722. The van der Waals surface area contributed by atoms with Gasteiger partial charge in [-0.05, 0) is 18.2 Å². The molecule has 0 aliphatic carbocycles. The van der Waals surface area contributed by atoms with Crippen LogP contribution in [0.15, 0.2) is 72.9 Å². The van der Waals surface area contributed by atoms with Gasteiger partial charge >= 0.3 is 0 Å². The van der Waals surface area contributed by atoms with Crippen LogP contribution in [-0.4, -0.2) is 14.6 Å². The van der Waals surface area contributed by atoms with E-state index in [-0.39, 0.29) is 0 Å². The van der Waals surface area contributed by atoms with Crippen molar-refractivity contribution in [2.75, 3.05) is 0 Å². The fourth-order valence-corrected chi connectivity index (χ4v) is 2.61. The van der Waals surface area contributed by atoms with Crippen molar-refractivity contribution >= 4 is 17.2 Å². The van der Waals surface area contributed by atoms with E-state index in [4.69, 9.17) is 16.7 Å². The van der Waals surface area contributed by atoms with Gasteiger partial charge in [-0.3, -0.25) is 0 Å². The maximum atomic E-state index is 5.97. The molecule has 0 fully saturated rings. The molecule has 2 heterocycles. The number of hydrogen-bond acceptors (Lipinski definition) is 2. The van der Waals surface area contributed by atoms with Gasteiger partial charge in [0, 0.05) is 28.4 Å². The Bertz CT molecular complexity index is 928. The number of halogens is 1. The van der Waals surface area contributed by atoms with Crippen molar-refractivity contribution < 1.29 is 0 Å². The first-order chi connectivity index (χ1) is 10.8. The molecule has 4 rings (SSSR count). The van der Waals surface area contributed by atoms with Crippen molar-refractivity contribution in [3.8, 4) is 22.5 Å². The maximum Gasteiger partial charge on any atom is 0.156 e. The van der Waals surface area contributed by atoms with Crippen molar-refractivity contribution in [1.82, 2.24) is 14.6 Å². The summed E-state index contributed by atoms with van der Waals surface area (Å²) in [5, 5.41) is 5.42. The Morgan fingerprint density at radius 2 is 1.59 bits per heavy atom. The van der Waals surface area contributed by atoms with Crippen LogP contribution < -0.4 is 0 Å². The third kappa shape index (κ3) is 2.26. The quantitative estimate of drug-likeness (QED) is 0.536. The molecule has 0 saturated carbocycles. The average molecular weight is 306 g/mol. The highest BCUT2D eigenvalue weighted by Crippen LogP contribution is 2.24. The fourth-order valence-electron chi connectivity index (χ4n) is 2.48. The summed E-state index contributed by atoms with van der Waals surface area (Å²) < 4.78 is 1.87. The van der Waals surface area contributed by atoms with Crippen LogP contribution in [0, 0.1) is 0 Å². The fraction of sp³-hybridized carbons (Fsp3) is 0. The normalized spacial score (nSPS) is 11.0. The van der Waals surface area contributed by atoms with Gasteiger partial charge in [0.1, 0.15) is 0 Å². The SMILES string of the molecule is Clc1ccc(-c2ccnc3cc(-c4ccccc4)nn23)cc1. The monoisotopic (exact) mass is 305 g/mol. The summed E-state index contributed by atoms with van der Waals surface area (Å²) in [5.41, 5.74) is 4.86. The van der Waals surface area contributed by atoms with Crippen LogP contribution >= 0.6 is 11.6 Å². The van der Waals surface area contributed by atoms with Gasteiger partial charge in [0.2, 0.25) is 0 Å². The third-order valence-electron chi connectivity index (χ3n) is 3.57. The van der Waals surface area contributed by atoms with Crippen LogP contribution in [0.4, 0.5) is 0 Å². The lowest BCUT2D eigenvalue weighted by molar-refractivity contribution is 0.952. The van der Waals surface area contributed by atoms with E-state index >= 15 is 0 Å². The predicted octanol–water partition coefficient (Wildman–Crippen LogP) is 4.72. The van der Waals surface area contributed by atoms with Gasteiger partial charge in [-0.1, -0.05) is 54.1 Å². The standard InChI is InChI=1S/C18H12ClN3/c19-15-8-6-14(7-9-15)17-10-11-20-18-12-16(21-22(17)18)13-4-2-1-3-5-13/h1-12H. The number of hydrogen-bond donors (Lipinski definition) is 0. The third-order valence-corrected chi connectivity index (χ3v) is 3.82. The molecule has 106 valence electrons. The number of rotatable bonds is 2. The maximum absolute atomic E-state index is 5.97. The zero-order valence-electron chi connectivity index (χ0n) is 11.6. The minimum Gasteiger partial charge on any atom is -0.237 e. The Morgan fingerprint density at radius 3 is 2.36 bits per heavy atom. The highest BCUT2D eigenvalue weighted by Gasteiger charge is 2.09. The van der Waals surface area contributed by atoms with Crippen molar-refractivity contribution in [2.45, 2.75) is 0 Å². The molecular weight excluding hydrogens is 294 g/mol. The van der Waals surface area contributed by atoms with Crippen LogP contribution in [0.1, 0.15) is 0 Å². The summed E-state index contributed by atoms with van der Waals surface area (Å²) in [5.74, 6) is 0. The lowest BCUT2D eigenvalue weighted by Gasteiger charge is -2.04. The van der Waals surface area contributed by atoms with Crippen molar-refractivity contribution in [3.63, 3.8) is 0 Å². The lowest BCUT2D eigenvalue weighted by Crippen LogP contribution is -1.95. The second-order valence-corrected chi connectivity index (χ2v) is 5.44. The number of fused-ring (bicyclic) bond motifs is 1. The molecule has 0 N–H and O–H groups in total. The van der Waals surface area contributed by atoms with E-state index in [0.717, 1.165) is 33.2 Å². The van der Waals surface area contributed by atoms with E-state index in [2.05, 4.69) is 4.98 Å². The molecule has 0 saturated heterocycles. The lowest BCUT2D eigenvalue weighted by atomic mass is 10.1. The van der Waals surface area contributed by atoms with Crippen LogP contribution in [0.2, 0.25) is 5.02 Å². The molecule has 0 unspecified atom stereocenters. The van der Waals surface area contributed by atoms with Crippen LogP contribution in [0.3, 0.4) is 0 Å². The molecular formula is C18H12ClN3. The molecule has 0 radical (unpaired) electrons. The van der Waals surface area contributed by atoms with Crippen molar-refractivity contribution in [1.29, 1.82) is 0 Å². The van der Waals surface area contributed by atoms with Crippen LogP contribution in [0.25, 0.3) is 28.2 Å². The van der Waals surface area contributed by atoms with Gasteiger partial charge in [0.15, 0.2) is 5.65 Å². The smallest absolute Gasteiger partial charge is 0.156 e. The number of benzene rings is 2. The first-order valence-corrected chi connectivity index (χ1v) is 7.35. The summed E-state index contributed by atoms with van der Waals surface area (Å²) in [4.78, 5) is 4.41. The molecule has 0 amide bonds. The molecule has 0 atom stereocenters. The van der Waals surface area contributed by atoms with Gasteiger partial charge in [-0.25, -0.2) is 9.50 Å². The van der Waals surface area contributed by atoms with Gasteiger partial charge in [-0.15, -0.1) is 0 Å². The van der Waals surface area contributed by atoms with E-state index in [1.54, 1.807) is 6.20 Å². The molecule has 2 aromatic heterocycles. The average Bonchev–Trinajstić information content (AvgIpc) is 3.01. The summed E-state index contributed by atoms with van der Waals surface area (Å²) >= 11 is 5.97. The zero-order chi connectivity index (χ0) is 14.9. The Balaban J connectivity index is 1.90. The second kappa shape index (κ2) is 5.28. The van der Waals surface area contributed by atoms with Gasteiger partial charge in [0.25, 0.3) is 0 Å².